The van der Waals surface area contributed by atoms with Gasteiger partial charge in [-0.15, -0.1) is 0 Å². The van der Waals surface area contributed by atoms with E-state index in [0.29, 0.717) is 18.2 Å². The van der Waals surface area contributed by atoms with Crippen LogP contribution in [0.3, 0.4) is 0 Å². The average Bonchev–Trinajstić information content (AvgIpc) is 3.17. The number of aliphatic hydroxyl groups excluding tert-OH is 1. The van der Waals surface area contributed by atoms with Crippen LogP contribution in [0.15, 0.2) is 53.4 Å². The normalized spacial score (nSPS) is 17.9. The number of aliphatic hydroxyl groups is 1. The van der Waals surface area contributed by atoms with Gasteiger partial charge in [-0.1, -0.05) is 0 Å². The van der Waals surface area contributed by atoms with Crippen molar-refractivity contribution in [2.24, 2.45) is 0 Å². The monoisotopic (exact) mass is 527 g/mol. The summed E-state index contributed by atoms with van der Waals surface area (Å²) in [7, 11) is -4.37. The minimum atomic E-state index is -4.37. The lowest BCUT2D eigenvalue weighted by Gasteiger charge is -2.29. The Kier molecular flexibility index (Phi) is 5.92. The molecule has 3 aromatic rings. The fourth-order valence-corrected chi connectivity index (χ4v) is 5.83. The van der Waals surface area contributed by atoms with Gasteiger partial charge >= 0.3 is 5.79 Å². The third kappa shape index (κ3) is 3.98. The van der Waals surface area contributed by atoms with E-state index in [9.17, 15) is 31.1 Å². The van der Waals surface area contributed by atoms with Gasteiger partial charge in [0.1, 0.15) is 34.0 Å². The van der Waals surface area contributed by atoms with Crippen LogP contribution in [0.25, 0.3) is 0 Å². The van der Waals surface area contributed by atoms with E-state index in [1.807, 2.05) is 0 Å². The summed E-state index contributed by atoms with van der Waals surface area (Å²) in [5.41, 5.74) is -1.03. The van der Waals surface area contributed by atoms with Gasteiger partial charge in [0.25, 0.3) is 0 Å². The molecule has 0 aromatic heterocycles. The van der Waals surface area contributed by atoms with Gasteiger partial charge in [0.05, 0.1) is 17.2 Å². The van der Waals surface area contributed by atoms with E-state index >= 15 is 4.39 Å². The number of rotatable bonds is 4. The fraction of sp³-hybridized carbons (Fsp3) is 0.250. The largest absolute Gasteiger partial charge is 0.440 e. The van der Waals surface area contributed by atoms with Gasteiger partial charge in [-0.3, -0.25) is 0 Å². The summed E-state index contributed by atoms with van der Waals surface area (Å²) in [5, 5.41) is 9.66. The Balaban J connectivity index is 1.63. The topological polar surface area (TPSA) is 76.1 Å². The van der Waals surface area contributed by atoms with E-state index in [-0.39, 0.29) is 37.4 Å². The zero-order chi connectivity index (χ0) is 25.8. The van der Waals surface area contributed by atoms with Gasteiger partial charge < -0.3 is 14.6 Å². The SMILES string of the molecule is O=S(=O)(c1cc2c(cc1F)OC(c1ccc(F)cc1F)(c1ccc(F)cc1F)O2)N1CCC(O)CC1. The summed E-state index contributed by atoms with van der Waals surface area (Å²) in [6, 6.07) is 6.09. The van der Waals surface area contributed by atoms with Crippen molar-refractivity contribution in [3.8, 4) is 11.5 Å². The standard InChI is InChI=1S/C24H18F5NO5S/c25-13-1-3-16(18(27)9-13)24(17-4-2-14(26)10-19(17)28)34-21-11-20(29)23(12-22(21)35-24)36(32,33)30-7-5-15(31)6-8-30/h1-4,9-12,15,31H,5-8H2. The van der Waals surface area contributed by atoms with Crippen molar-refractivity contribution >= 4 is 10.0 Å². The van der Waals surface area contributed by atoms with Crippen LogP contribution in [0.2, 0.25) is 0 Å². The van der Waals surface area contributed by atoms with E-state index in [2.05, 4.69) is 0 Å². The molecule has 2 heterocycles. The number of hydrogen-bond donors (Lipinski definition) is 1. The molecule has 1 saturated heterocycles. The van der Waals surface area contributed by atoms with Gasteiger partial charge in [-0.25, -0.2) is 30.4 Å². The first-order valence-corrected chi connectivity index (χ1v) is 12.3. The molecule has 1 N–H and O–H groups in total. The molecule has 2 aliphatic heterocycles. The molecule has 1 fully saturated rings. The molecule has 5 rings (SSSR count). The summed E-state index contributed by atoms with van der Waals surface area (Å²) >= 11 is 0. The van der Waals surface area contributed by atoms with E-state index in [1.54, 1.807) is 0 Å². The van der Waals surface area contributed by atoms with E-state index < -0.39 is 67.0 Å². The van der Waals surface area contributed by atoms with Gasteiger partial charge in [0, 0.05) is 37.4 Å². The summed E-state index contributed by atoms with van der Waals surface area (Å²) in [4.78, 5) is -0.767. The van der Waals surface area contributed by atoms with Gasteiger partial charge in [-0.05, 0) is 37.1 Å². The molecule has 0 atom stereocenters. The predicted molar refractivity (Wildman–Crippen MR) is 115 cm³/mol. The first-order chi connectivity index (χ1) is 17.0. The zero-order valence-corrected chi connectivity index (χ0v) is 19.2. The maximum atomic E-state index is 15.1. The molecule has 3 aromatic carbocycles. The highest BCUT2D eigenvalue weighted by atomic mass is 32.2. The van der Waals surface area contributed by atoms with E-state index in [4.69, 9.17) is 9.47 Å². The number of benzene rings is 3. The fourth-order valence-electron chi connectivity index (χ4n) is 4.30. The maximum absolute atomic E-state index is 15.1. The number of fused-ring (bicyclic) bond motifs is 1. The van der Waals surface area contributed by atoms with Crippen LogP contribution in [0.1, 0.15) is 24.0 Å². The maximum Gasteiger partial charge on any atom is 0.311 e. The van der Waals surface area contributed by atoms with Crippen molar-refractivity contribution in [2.75, 3.05) is 13.1 Å². The molecule has 12 heteroatoms. The number of sulfonamides is 1. The van der Waals surface area contributed by atoms with Crippen LogP contribution in [-0.2, 0) is 15.8 Å². The molecule has 0 radical (unpaired) electrons. The molecule has 2 aliphatic rings. The molecular formula is C24H18F5NO5S. The number of hydrogen-bond acceptors (Lipinski definition) is 5. The molecule has 36 heavy (non-hydrogen) atoms. The second kappa shape index (κ2) is 8.71. The van der Waals surface area contributed by atoms with Crippen LogP contribution < -0.4 is 9.47 Å². The second-order valence-electron chi connectivity index (χ2n) is 8.43. The third-order valence-electron chi connectivity index (χ3n) is 6.12. The predicted octanol–water partition coefficient (Wildman–Crippen LogP) is 4.20. The van der Waals surface area contributed by atoms with E-state index in [1.165, 1.54) is 0 Å². The smallest absolute Gasteiger partial charge is 0.311 e. The van der Waals surface area contributed by atoms with Crippen molar-refractivity contribution < 1.29 is 45.0 Å². The van der Waals surface area contributed by atoms with Crippen LogP contribution in [-0.4, -0.2) is 37.0 Å². The summed E-state index contributed by atoms with van der Waals surface area (Å²) in [6.45, 7) is -0.0776. The Morgan fingerprint density at radius 1 is 0.778 bits per heavy atom. The molecule has 0 bridgehead atoms. The molecule has 0 saturated carbocycles. The van der Waals surface area contributed by atoms with E-state index in [0.717, 1.165) is 34.6 Å². The third-order valence-corrected chi connectivity index (χ3v) is 8.03. The van der Waals surface area contributed by atoms with Crippen molar-refractivity contribution in [3.63, 3.8) is 0 Å². The summed E-state index contributed by atoms with van der Waals surface area (Å²) in [6.07, 6.45) is -0.334. The van der Waals surface area contributed by atoms with Crippen molar-refractivity contribution in [3.05, 3.63) is 88.7 Å². The first-order valence-electron chi connectivity index (χ1n) is 10.8. The molecule has 0 aliphatic carbocycles. The minimum Gasteiger partial charge on any atom is -0.440 e. The molecule has 190 valence electrons. The highest BCUT2D eigenvalue weighted by Gasteiger charge is 2.50. The lowest BCUT2D eigenvalue weighted by molar-refractivity contribution is -0.0516. The van der Waals surface area contributed by atoms with Crippen LogP contribution >= 0.6 is 0 Å². The number of ether oxygens (including phenoxy) is 2. The quantitative estimate of drug-likeness (QED) is 0.515. The Labute approximate surface area is 202 Å². The highest BCUT2D eigenvalue weighted by molar-refractivity contribution is 7.89. The van der Waals surface area contributed by atoms with Gasteiger partial charge in [-0.2, -0.15) is 4.31 Å². The zero-order valence-electron chi connectivity index (χ0n) is 18.4. The first kappa shape index (κ1) is 24.5. The Morgan fingerprint density at radius 3 is 1.78 bits per heavy atom. The van der Waals surface area contributed by atoms with Crippen molar-refractivity contribution in [2.45, 2.75) is 29.6 Å². The van der Waals surface area contributed by atoms with Crippen LogP contribution in [0, 0.1) is 29.1 Å². The van der Waals surface area contributed by atoms with Crippen LogP contribution in [0.4, 0.5) is 22.0 Å². The average molecular weight is 527 g/mol. The minimum absolute atomic E-state index is 0.0388. The van der Waals surface area contributed by atoms with Gasteiger partial charge in [0.15, 0.2) is 11.5 Å². The molecule has 0 amide bonds. The second-order valence-corrected chi connectivity index (χ2v) is 10.3. The Morgan fingerprint density at radius 2 is 1.28 bits per heavy atom. The summed E-state index contributed by atoms with van der Waals surface area (Å²) < 4.78 is 111. The highest BCUT2D eigenvalue weighted by Crippen LogP contribution is 2.50. The van der Waals surface area contributed by atoms with Crippen molar-refractivity contribution in [1.82, 2.24) is 4.31 Å². The van der Waals surface area contributed by atoms with Crippen LogP contribution in [0.5, 0.6) is 11.5 Å². The lowest BCUT2D eigenvalue weighted by Crippen LogP contribution is -2.40. The Bertz CT molecular complexity index is 1410. The van der Waals surface area contributed by atoms with Crippen molar-refractivity contribution in [1.29, 1.82) is 0 Å². The Hall–Kier alpha value is -3.22. The molecular weight excluding hydrogens is 509 g/mol. The van der Waals surface area contributed by atoms with Gasteiger partial charge in [0.2, 0.25) is 10.0 Å². The molecule has 6 nitrogen and oxygen atoms in total. The molecule has 0 unspecified atom stereocenters. The number of halogens is 5. The lowest BCUT2D eigenvalue weighted by atomic mass is 9.96. The summed E-state index contributed by atoms with van der Waals surface area (Å²) in [5.74, 6) is -8.74. The number of piperidine rings is 1. The number of nitrogens with zero attached hydrogens (tertiary/aromatic N) is 1. The molecule has 0 spiro atoms.